The van der Waals surface area contributed by atoms with Gasteiger partial charge >= 0.3 is 0 Å². The van der Waals surface area contributed by atoms with Crippen molar-refractivity contribution in [1.29, 1.82) is 0 Å². The van der Waals surface area contributed by atoms with Crippen molar-refractivity contribution in [2.75, 3.05) is 26.8 Å². The van der Waals surface area contributed by atoms with E-state index in [1.807, 2.05) is 20.9 Å². The zero-order valence-corrected chi connectivity index (χ0v) is 41.1. The number of allylic oxidation sites excluding steroid dienone is 1. The Kier molecular flexibility index (Phi) is 10.4. The van der Waals surface area contributed by atoms with Gasteiger partial charge in [0.05, 0.1) is 34.4 Å². The third kappa shape index (κ3) is 6.25. The molecule has 1 spiro atoms. The Morgan fingerprint density at radius 2 is 1.73 bits per heavy atom. The van der Waals surface area contributed by atoms with Gasteiger partial charge in [-0.25, -0.2) is 0 Å². The molecule has 2 aromatic heterocycles. The summed E-state index contributed by atoms with van der Waals surface area (Å²) >= 11 is 0. The number of epoxide rings is 1. The van der Waals surface area contributed by atoms with Gasteiger partial charge in [0, 0.05) is 86.1 Å². The molecule has 0 bridgehead atoms. The van der Waals surface area contributed by atoms with Gasteiger partial charge in [0.15, 0.2) is 5.78 Å². The van der Waals surface area contributed by atoms with Crippen LogP contribution in [-0.2, 0) is 44.1 Å². The molecule has 358 valence electrons. The van der Waals surface area contributed by atoms with Gasteiger partial charge in [0.1, 0.15) is 11.9 Å². The number of carbonyl (C=O) groups is 2. The summed E-state index contributed by atoms with van der Waals surface area (Å²) in [5.74, 6) is 0.162. The number of ether oxygens (including phenoxy) is 2. The van der Waals surface area contributed by atoms with Gasteiger partial charge in [-0.1, -0.05) is 57.9 Å². The lowest BCUT2D eigenvalue weighted by Crippen LogP contribution is -2.70. The van der Waals surface area contributed by atoms with Gasteiger partial charge in [0.25, 0.3) is 0 Å². The van der Waals surface area contributed by atoms with Crippen molar-refractivity contribution in [3.8, 4) is 0 Å². The van der Waals surface area contributed by atoms with Crippen molar-refractivity contribution >= 4 is 22.6 Å². The molecule has 5 N–H and O–H groups in total. The third-order valence-electron chi connectivity index (χ3n) is 20.8. The van der Waals surface area contributed by atoms with Crippen LogP contribution in [-0.4, -0.2) is 87.2 Å². The first-order chi connectivity index (χ1) is 31.2. The lowest BCUT2D eigenvalue weighted by atomic mass is 9.31. The van der Waals surface area contributed by atoms with Crippen LogP contribution in [0.4, 0.5) is 0 Å². The molecule has 3 aromatic rings. The predicted molar refractivity (Wildman–Crippen MR) is 255 cm³/mol. The van der Waals surface area contributed by atoms with Crippen molar-refractivity contribution in [1.82, 2.24) is 14.9 Å². The van der Waals surface area contributed by atoms with Gasteiger partial charge in [-0.3, -0.25) is 9.59 Å². The highest BCUT2D eigenvalue weighted by atomic mass is 16.6. The van der Waals surface area contributed by atoms with Crippen LogP contribution >= 0.6 is 0 Å². The number of fused-ring (bicyclic) bond motifs is 2. The summed E-state index contributed by atoms with van der Waals surface area (Å²) in [4.78, 5) is 33.9. The normalized spacial score (nSPS) is 40.5. The minimum Gasteiger partial charge on any atom is -0.392 e. The molecule has 0 amide bonds. The van der Waals surface area contributed by atoms with Crippen molar-refractivity contribution in [2.24, 2.45) is 50.7 Å². The zero-order chi connectivity index (χ0) is 46.6. The lowest BCUT2D eigenvalue weighted by Gasteiger charge is -2.73. The van der Waals surface area contributed by atoms with E-state index in [0.29, 0.717) is 64.1 Å². The second-order valence-electron chi connectivity index (χ2n) is 24.7. The van der Waals surface area contributed by atoms with Crippen LogP contribution in [0.5, 0.6) is 0 Å². The molecule has 3 aliphatic heterocycles. The lowest BCUT2D eigenvalue weighted by molar-refractivity contribution is -0.245. The topological polar surface area (TPSA) is 149 Å². The molecule has 1 aromatic carbocycles. The molecule has 0 radical (unpaired) electrons. The molecule has 5 aliphatic carbocycles. The van der Waals surface area contributed by atoms with Gasteiger partial charge < -0.3 is 39.7 Å². The second kappa shape index (κ2) is 15.2. The smallest absolute Gasteiger partial charge is 0.163 e. The number of ketones is 2. The molecule has 10 heteroatoms. The van der Waals surface area contributed by atoms with Gasteiger partial charge in [-0.2, -0.15) is 0 Å². The highest BCUT2D eigenvalue weighted by molar-refractivity contribution is 6.04. The number of aliphatic hydroxyl groups is 3. The van der Waals surface area contributed by atoms with E-state index >= 15 is 4.79 Å². The monoisotopic (exact) mass is 904 g/mol. The Hall–Kier alpha value is -3.12. The molecule has 10 nitrogen and oxygen atoms in total. The van der Waals surface area contributed by atoms with E-state index in [9.17, 15) is 20.1 Å². The van der Waals surface area contributed by atoms with Crippen molar-refractivity contribution in [3.05, 3.63) is 69.6 Å². The number of H-pyrrole nitrogens is 1. The largest absolute Gasteiger partial charge is 0.392 e. The number of nitrogens with one attached hydrogen (secondary N) is 2. The average molecular weight is 904 g/mol. The molecule has 5 heterocycles. The molecule has 11 rings (SSSR count). The number of aromatic nitrogens is 2. The summed E-state index contributed by atoms with van der Waals surface area (Å²) in [5, 5.41) is 41.2. The number of hydrogen-bond donors (Lipinski definition) is 5. The van der Waals surface area contributed by atoms with Gasteiger partial charge in [-0.15, -0.1) is 0 Å². The van der Waals surface area contributed by atoms with E-state index in [1.54, 1.807) is 0 Å². The maximum absolute atomic E-state index is 15.9. The maximum atomic E-state index is 15.9. The number of aliphatic hydroxyl groups excluding tert-OH is 2. The van der Waals surface area contributed by atoms with Crippen LogP contribution < -0.4 is 5.32 Å². The van der Waals surface area contributed by atoms with E-state index in [1.165, 1.54) is 16.7 Å². The number of aromatic amines is 1. The van der Waals surface area contributed by atoms with Crippen molar-refractivity contribution in [2.45, 2.75) is 174 Å². The van der Waals surface area contributed by atoms with E-state index in [-0.39, 0.29) is 46.4 Å². The van der Waals surface area contributed by atoms with Crippen molar-refractivity contribution < 1.29 is 34.4 Å². The average Bonchev–Trinajstić information content (AvgIpc) is 3.49. The van der Waals surface area contributed by atoms with Crippen LogP contribution in [0.25, 0.3) is 11.0 Å². The fourth-order valence-corrected chi connectivity index (χ4v) is 17.6. The zero-order valence-electron chi connectivity index (χ0n) is 41.1. The molecular formula is C56H77N3O7. The summed E-state index contributed by atoms with van der Waals surface area (Å²) < 4.78 is 14.2. The number of carbonyl (C=O) groups excluding carboxylic acids is 2. The summed E-state index contributed by atoms with van der Waals surface area (Å²) in [5.41, 5.74) is 6.41. The molecule has 12 atom stereocenters. The number of aryl methyl sites for hydroxylation is 2. The Balaban J connectivity index is 1.08. The van der Waals surface area contributed by atoms with Crippen LogP contribution in [0.15, 0.2) is 41.7 Å². The quantitative estimate of drug-likeness (QED) is 0.135. The molecule has 6 fully saturated rings. The molecule has 0 unspecified atom stereocenters. The van der Waals surface area contributed by atoms with Gasteiger partial charge in [-0.05, 0) is 148 Å². The minimum absolute atomic E-state index is 0.0853. The highest BCUT2D eigenvalue weighted by Gasteiger charge is 2.77. The first-order valence-corrected chi connectivity index (χ1v) is 25.9. The number of benzene rings is 1. The first-order valence-electron chi connectivity index (χ1n) is 25.9. The summed E-state index contributed by atoms with van der Waals surface area (Å²) in [6, 6.07) is 6.56. The second-order valence-corrected chi connectivity index (χ2v) is 24.7. The first kappa shape index (κ1) is 45.3. The summed E-state index contributed by atoms with van der Waals surface area (Å²) in [6.07, 6.45) is 13.1. The van der Waals surface area contributed by atoms with Gasteiger partial charge in [0.2, 0.25) is 0 Å². The Labute approximate surface area is 392 Å². The fourth-order valence-electron chi connectivity index (χ4n) is 17.6. The van der Waals surface area contributed by atoms with E-state index < -0.39 is 39.7 Å². The standard InChI is InChI=1S/C56H77N3O7/c1-32-24-33(27-36(25-32)56(64)19-22-65-23-20-56)26-35-30-59-31-37-42-43(51(4,28-39(60)49-50(2,3)66-49)15-11-34-29-58-44(35)45(34)59)47(63)38-10-9-14-55(54(38,42)7)17-12-40-52(5,18-21-57-8)41(61)13-16-53(40,6)48(55)46(37)62/h24-25,27,29-30,37-40,46,48-49,57-58,60,62,64H,9-23,26,28,31H2,1-8H3/t37-,38-,39+,40-,46+,48+,49+,51-,52-,53+,54-,55-/m0/s1. The molecule has 8 aliphatic rings. The number of rotatable bonds is 9. The molecule has 66 heavy (non-hydrogen) atoms. The maximum Gasteiger partial charge on any atom is 0.163 e. The Bertz CT molecular complexity index is 2510. The van der Waals surface area contributed by atoms with E-state index in [2.05, 4.69) is 80.1 Å². The third-order valence-corrected chi connectivity index (χ3v) is 20.8. The van der Waals surface area contributed by atoms with Crippen LogP contribution in [0.3, 0.4) is 0 Å². The van der Waals surface area contributed by atoms with Crippen LogP contribution in [0, 0.1) is 57.7 Å². The number of hydrogen-bond acceptors (Lipinski definition) is 8. The molecule has 2 saturated heterocycles. The predicted octanol–water partition coefficient (Wildman–Crippen LogP) is 8.42. The van der Waals surface area contributed by atoms with Crippen molar-refractivity contribution in [3.63, 3.8) is 0 Å². The number of Topliss-reactive ketones (excluding diaryl/α,β-unsaturated/α-hetero) is 2. The molecular weight excluding hydrogens is 827 g/mol. The fraction of sp³-hybridized carbons (Fsp3) is 0.714. The van der Waals surface area contributed by atoms with Crippen LogP contribution in [0.2, 0.25) is 0 Å². The van der Waals surface area contributed by atoms with Crippen LogP contribution in [0.1, 0.15) is 146 Å². The number of nitrogens with zero attached hydrogens (tertiary/aromatic N) is 1. The molecule has 4 saturated carbocycles. The summed E-state index contributed by atoms with van der Waals surface area (Å²) in [6.45, 7) is 18.0. The van der Waals surface area contributed by atoms with E-state index in [4.69, 9.17) is 9.47 Å². The Morgan fingerprint density at radius 1 is 0.970 bits per heavy atom. The summed E-state index contributed by atoms with van der Waals surface area (Å²) in [7, 11) is 1.97. The Morgan fingerprint density at radius 3 is 2.45 bits per heavy atom. The minimum atomic E-state index is -0.912. The SMILES string of the molecule is CNCC[C@]1(C)C(=O)CC[C@@]2(C)[C@H]3[C@H](O)[C@H]4Cn5cc(Cc6cc(C)cc(C7(O)CCOCC7)c6)c6[nH]cc(c65)CC[C@@](C)(C[C@@H](O)[C@H]5OC5(C)C)C5=C4[C@]4(C)[C@@H](CCC[C@]34CC[C@H]21)C5=O. The van der Waals surface area contributed by atoms with E-state index in [0.717, 1.165) is 91.2 Å². The highest BCUT2D eigenvalue weighted by Crippen LogP contribution is 2.79.